The number of carbonyl (C=O) groups excluding carboxylic acids is 2. The molecule has 0 radical (unpaired) electrons. The number of nitrogens with zero attached hydrogens (tertiary/aromatic N) is 1. The molecule has 7 nitrogen and oxygen atoms in total. The number of nitrogens with one attached hydrogen (secondary N) is 1. The Kier molecular flexibility index (Phi) is 7.43. The van der Waals surface area contributed by atoms with E-state index in [2.05, 4.69) is 29.6 Å². The lowest BCUT2D eigenvalue weighted by Gasteiger charge is -2.28. The Bertz CT molecular complexity index is 1050. The number of carbonyl (C=O) groups is 3. The highest BCUT2D eigenvalue weighted by atomic mass is 16.5. The zero-order chi connectivity index (χ0) is 25.0. The molecule has 4 rings (SSSR count). The van der Waals surface area contributed by atoms with Crippen molar-refractivity contribution in [1.82, 2.24) is 10.2 Å². The van der Waals surface area contributed by atoms with Crippen molar-refractivity contribution in [3.05, 3.63) is 59.7 Å². The molecule has 186 valence electrons. The van der Waals surface area contributed by atoms with Crippen LogP contribution in [0.1, 0.15) is 63.0 Å². The van der Waals surface area contributed by atoms with E-state index in [4.69, 9.17) is 9.84 Å². The summed E-state index contributed by atoms with van der Waals surface area (Å²) < 4.78 is 5.64. The number of rotatable bonds is 11. The summed E-state index contributed by atoms with van der Waals surface area (Å²) in [6.07, 6.45) is 2.29. The molecule has 0 aliphatic heterocycles. The zero-order valence-electron chi connectivity index (χ0n) is 20.5. The topological polar surface area (TPSA) is 95.9 Å². The summed E-state index contributed by atoms with van der Waals surface area (Å²) in [4.78, 5) is 38.1. The molecule has 1 fully saturated rings. The predicted octanol–water partition coefficient (Wildman–Crippen LogP) is 4.80. The lowest BCUT2D eigenvalue weighted by molar-refractivity contribution is -0.138. The fourth-order valence-corrected chi connectivity index (χ4v) is 4.71. The third-order valence-electron chi connectivity index (χ3n) is 6.87. The fourth-order valence-electron chi connectivity index (χ4n) is 4.71. The molecule has 0 unspecified atom stereocenters. The van der Waals surface area contributed by atoms with Gasteiger partial charge in [0.15, 0.2) is 0 Å². The molecule has 2 amide bonds. The van der Waals surface area contributed by atoms with Gasteiger partial charge in [-0.3, -0.25) is 9.59 Å². The van der Waals surface area contributed by atoms with Crippen LogP contribution in [0, 0.1) is 5.92 Å². The van der Waals surface area contributed by atoms with Gasteiger partial charge in [-0.25, -0.2) is 4.79 Å². The molecule has 2 N–H and O–H groups in total. The van der Waals surface area contributed by atoms with E-state index < -0.39 is 17.6 Å². The smallest absolute Gasteiger partial charge is 0.407 e. The minimum Gasteiger partial charge on any atom is -0.481 e. The summed E-state index contributed by atoms with van der Waals surface area (Å²) in [5.41, 5.74) is 4.02. The van der Waals surface area contributed by atoms with Crippen LogP contribution in [-0.4, -0.2) is 53.2 Å². The number of aliphatic carboxylic acids is 1. The van der Waals surface area contributed by atoms with Crippen LogP contribution in [-0.2, 0) is 14.3 Å². The van der Waals surface area contributed by atoms with Gasteiger partial charge < -0.3 is 20.1 Å². The van der Waals surface area contributed by atoms with Gasteiger partial charge in [0.05, 0.1) is 6.42 Å². The number of ether oxygens (including phenoxy) is 1. The van der Waals surface area contributed by atoms with Crippen LogP contribution in [0.5, 0.6) is 0 Å². The highest BCUT2D eigenvalue weighted by Crippen LogP contribution is 2.44. The van der Waals surface area contributed by atoms with Gasteiger partial charge in [0.25, 0.3) is 0 Å². The van der Waals surface area contributed by atoms with Crippen molar-refractivity contribution in [1.29, 1.82) is 0 Å². The molecule has 0 saturated heterocycles. The van der Waals surface area contributed by atoms with Gasteiger partial charge >= 0.3 is 12.1 Å². The van der Waals surface area contributed by atoms with Crippen molar-refractivity contribution in [3.8, 4) is 11.1 Å². The van der Waals surface area contributed by atoms with Gasteiger partial charge in [0.2, 0.25) is 5.91 Å². The molecule has 2 aliphatic rings. The zero-order valence-corrected chi connectivity index (χ0v) is 20.5. The van der Waals surface area contributed by atoms with Gasteiger partial charge in [0, 0.05) is 31.0 Å². The molecule has 7 heteroatoms. The van der Waals surface area contributed by atoms with Crippen molar-refractivity contribution in [3.63, 3.8) is 0 Å². The third-order valence-corrected chi connectivity index (χ3v) is 6.87. The van der Waals surface area contributed by atoms with Crippen LogP contribution in [0.3, 0.4) is 0 Å². The minimum absolute atomic E-state index is 0.0111. The monoisotopic (exact) mass is 478 g/mol. The van der Waals surface area contributed by atoms with E-state index in [0.29, 0.717) is 18.9 Å². The van der Waals surface area contributed by atoms with Crippen molar-refractivity contribution in [2.45, 2.75) is 57.4 Å². The van der Waals surface area contributed by atoms with Crippen LogP contribution in [0.2, 0.25) is 0 Å². The minimum atomic E-state index is -0.907. The predicted molar refractivity (Wildman–Crippen MR) is 133 cm³/mol. The molecule has 0 aromatic heterocycles. The second-order valence-corrected chi connectivity index (χ2v) is 10.3. The van der Waals surface area contributed by atoms with Gasteiger partial charge in [-0.05, 0) is 61.3 Å². The van der Waals surface area contributed by atoms with Crippen molar-refractivity contribution < 1.29 is 24.2 Å². The SMILES string of the molecule is CC(C)(CCC(=O)N(CCC(=O)O)CC1CC1)NC(=O)OCC1c2ccccc2-c2ccccc21. The Morgan fingerprint density at radius 3 is 2.17 bits per heavy atom. The molecule has 0 spiro atoms. The second kappa shape index (κ2) is 10.5. The van der Waals surface area contributed by atoms with Gasteiger partial charge in [0.1, 0.15) is 6.61 Å². The maximum atomic E-state index is 12.8. The summed E-state index contributed by atoms with van der Waals surface area (Å²) in [7, 11) is 0. The van der Waals surface area contributed by atoms with Gasteiger partial charge in [-0.1, -0.05) is 48.5 Å². The number of hydrogen-bond acceptors (Lipinski definition) is 4. The van der Waals surface area contributed by atoms with Crippen LogP contribution >= 0.6 is 0 Å². The summed E-state index contributed by atoms with van der Waals surface area (Å²) in [6.45, 7) is 4.81. The molecular weight excluding hydrogens is 444 g/mol. The van der Waals surface area contributed by atoms with Crippen LogP contribution in [0.4, 0.5) is 4.79 Å². The summed E-state index contributed by atoms with van der Waals surface area (Å²) in [5.74, 6) is -0.501. The van der Waals surface area contributed by atoms with E-state index in [9.17, 15) is 14.4 Å². The van der Waals surface area contributed by atoms with E-state index in [1.165, 1.54) is 11.1 Å². The van der Waals surface area contributed by atoms with Crippen LogP contribution in [0.15, 0.2) is 48.5 Å². The number of carboxylic acid groups (broad SMARTS) is 1. The summed E-state index contributed by atoms with van der Waals surface area (Å²) in [6, 6.07) is 16.4. The van der Waals surface area contributed by atoms with Crippen LogP contribution < -0.4 is 5.32 Å². The van der Waals surface area contributed by atoms with Gasteiger partial charge in [-0.2, -0.15) is 0 Å². The number of carboxylic acids is 1. The van der Waals surface area contributed by atoms with E-state index >= 15 is 0 Å². The van der Waals surface area contributed by atoms with Crippen molar-refractivity contribution >= 4 is 18.0 Å². The third kappa shape index (κ3) is 6.41. The average Bonchev–Trinajstić information content (AvgIpc) is 3.59. The summed E-state index contributed by atoms with van der Waals surface area (Å²) >= 11 is 0. The highest BCUT2D eigenvalue weighted by molar-refractivity contribution is 5.79. The molecular formula is C28H34N2O5. The molecule has 2 aromatic carbocycles. The Morgan fingerprint density at radius 2 is 1.60 bits per heavy atom. The average molecular weight is 479 g/mol. The normalized spacial score (nSPS) is 14.7. The molecule has 0 heterocycles. The maximum Gasteiger partial charge on any atom is 0.407 e. The number of fused-ring (bicyclic) bond motifs is 3. The molecule has 35 heavy (non-hydrogen) atoms. The molecule has 2 aliphatic carbocycles. The lowest BCUT2D eigenvalue weighted by atomic mass is 9.97. The van der Waals surface area contributed by atoms with E-state index in [-0.39, 0.29) is 37.8 Å². The number of hydrogen-bond donors (Lipinski definition) is 2. The first kappa shape index (κ1) is 24.8. The Morgan fingerprint density at radius 1 is 1.00 bits per heavy atom. The van der Waals surface area contributed by atoms with Crippen molar-refractivity contribution in [2.75, 3.05) is 19.7 Å². The van der Waals surface area contributed by atoms with E-state index in [1.54, 1.807) is 4.90 Å². The molecule has 2 aromatic rings. The number of benzene rings is 2. The Labute approximate surface area is 206 Å². The first-order valence-corrected chi connectivity index (χ1v) is 12.4. The lowest BCUT2D eigenvalue weighted by Crippen LogP contribution is -2.45. The highest BCUT2D eigenvalue weighted by Gasteiger charge is 2.31. The molecule has 1 saturated carbocycles. The number of amides is 2. The fraction of sp³-hybridized carbons (Fsp3) is 0.464. The second-order valence-electron chi connectivity index (χ2n) is 10.3. The number of alkyl carbamates (subject to hydrolysis) is 1. The van der Waals surface area contributed by atoms with Gasteiger partial charge in [-0.15, -0.1) is 0 Å². The molecule has 0 atom stereocenters. The first-order valence-electron chi connectivity index (χ1n) is 12.4. The quantitative estimate of drug-likeness (QED) is 0.484. The van der Waals surface area contributed by atoms with Crippen molar-refractivity contribution in [2.24, 2.45) is 5.92 Å². The summed E-state index contributed by atoms with van der Waals surface area (Å²) in [5, 5.41) is 11.9. The first-order chi connectivity index (χ1) is 16.7. The van der Waals surface area contributed by atoms with E-state index in [1.807, 2.05) is 38.1 Å². The largest absolute Gasteiger partial charge is 0.481 e. The molecule has 0 bridgehead atoms. The van der Waals surface area contributed by atoms with Crippen LogP contribution in [0.25, 0.3) is 11.1 Å². The Balaban J connectivity index is 1.29. The van der Waals surface area contributed by atoms with E-state index in [0.717, 1.165) is 24.0 Å². The standard InChI is InChI=1S/C28H34N2O5/c1-28(2,15-13-25(31)30(16-14-26(32)33)17-19-11-12-19)29-27(34)35-18-24-22-9-5-3-7-20(22)21-8-4-6-10-23(21)24/h3-10,19,24H,11-18H2,1-2H3,(H,29,34)(H,32,33). The Hall–Kier alpha value is -3.35. The maximum absolute atomic E-state index is 12.8.